The normalized spacial score (nSPS) is 23.1. The fraction of sp³-hybridized carbons (Fsp3) is 0.769. The van der Waals surface area contributed by atoms with Gasteiger partial charge in [0.25, 0.3) is 0 Å². The first-order chi connectivity index (χ1) is 7.80. The summed E-state index contributed by atoms with van der Waals surface area (Å²) in [6.45, 7) is 2.11. The fourth-order valence-corrected chi connectivity index (χ4v) is 3.05. The Hall–Kier alpha value is -0.830. The molecular weight excluding hydrogens is 198 g/mol. The molecule has 0 bridgehead atoms. The number of hydrogen-bond acceptors (Lipinski definition) is 2. The molecule has 0 spiro atoms. The van der Waals surface area contributed by atoms with E-state index in [0.29, 0.717) is 5.41 Å². The summed E-state index contributed by atoms with van der Waals surface area (Å²) >= 11 is 0. The van der Waals surface area contributed by atoms with Crippen LogP contribution in [-0.2, 0) is 13.6 Å². The average molecular weight is 219 g/mol. The molecule has 3 heteroatoms. The van der Waals surface area contributed by atoms with Gasteiger partial charge in [0.1, 0.15) is 5.82 Å². The van der Waals surface area contributed by atoms with Crippen molar-refractivity contribution in [3.8, 4) is 0 Å². The first kappa shape index (κ1) is 10.3. The van der Waals surface area contributed by atoms with Gasteiger partial charge in [-0.25, -0.2) is 4.98 Å². The zero-order chi connectivity index (χ0) is 11.0. The smallest absolute Gasteiger partial charge is 0.122 e. The largest absolute Gasteiger partial charge is 0.337 e. The molecule has 88 valence electrons. The Balaban J connectivity index is 1.51. The topological polar surface area (TPSA) is 29.9 Å². The SMILES string of the molecule is Cn1ccnc1CNCC1(C2CC2)CCC1. The third kappa shape index (κ3) is 1.77. The van der Waals surface area contributed by atoms with Crippen LogP contribution in [0.2, 0.25) is 0 Å². The highest BCUT2D eigenvalue weighted by Crippen LogP contribution is 2.56. The molecule has 16 heavy (non-hydrogen) atoms. The van der Waals surface area contributed by atoms with Gasteiger partial charge >= 0.3 is 0 Å². The molecular formula is C13H21N3. The predicted molar refractivity (Wildman–Crippen MR) is 63.9 cm³/mol. The Morgan fingerprint density at radius 1 is 1.50 bits per heavy atom. The van der Waals surface area contributed by atoms with Crippen LogP contribution in [0.4, 0.5) is 0 Å². The highest BCUT2D eigenvalue weighted by Gasteiger charge is 2.48. The number of nitrogens with zero attached hydrogens (tertiary/aromatic N) is 2. The van der Waals surface area contributed by atoms with E-state index in [1.807, 2.05) is 12.4 Å². The lowest BCUT2D eigenvalue weighted by Crippen LogP contribution is -2.41. The van der Waals surface area contributed by atoms with Crippen molar-refractivity contribution in [1.82, 2.24) is 14.9 Å². The molecule has 1 aromatic rings. The third-order valence-corrected chi connectivity index (χ3v) is 4.47. The fourth-order valence-electron chi connectivity index (χ4n) is 3.05. The van der Waals surface area contributed by atoms with Crippen molar-refractivity contribution < 1.29 is 0 Å². The molecule has 1 aromatic heterocycles. The van der Waals surface area contributed by atoms with E-state index >= 15 is 0 Å². The quantitative estimate of drug-likeness (QED) is 0.822. The molecule has 2 saturated carbocycles. The molecule has 1 heterocycles. The number of hydrogen-bond donors (Lipinski definition) is 1. The summed E-state index contributed by atoms with van der Waals surface area (Å²) in [7, 11) is 2.06. The summed E-state index contributed by atoms with van der Waals surface area (Å²) in [5.41, 5.74) is 0.672. The summed E-state index contributed by atoms with van der Waals surface area (Å²) < 4.78 is 2.09. The summed E-state index contributed by atoms with van der Waals surface area (Å²) in [4.78, 5) is 4.34. The van der Waals surface area contributed by atoms with E-state index in [4.69, 9.17) is 0 Å². The molecule has 0 saturated heterocycles. The van der Waals surface area contributed by atoms with E-state index in [0.717, 1.165) is 18.3 Å². The number of aromatic nitrogens is 2. The highest BCUT2D eigenvalue weighted by atomic mass is 15.1. The maximum atomic E-state index is 4.34. The molecule has 0 atom stereocenters. The summed E-state index contributed by atoms with van der Waals surface area (Å²) in [5.74, 6) is 2.18. The van der Waals surface area contributed by atoms with Gasteiger partial charge in [-0.15, -0.1) is 0 Å². The maximum absolute atomic E-state index is 4.34. The zero-order valence-corrected chi connectivity index (χ0v) is 10.1. The van der Waals surface area contributed by atoms with Gasteiger partial charge in [-0.2, -0.15) is 0 Å². The molecule has 2 aliphatic carbocycles. The number of nitrogens with one attached hydrogen (secondary N) is 1. The minimum Gasteiger partial charge on any atom is -0.337 e. The van der Waals surface area contributed by atoms with E-state index < -0.39 is 0 Å². The second-order valence-electron chi connectivity index (χ2n) is 5.55. The molecule has 0 unspecified atom stereocenters. The lowest BCUT2D eigenvalue weighted by molar-refractivity contribution is 0.0983. The molecule has 2 aliphatic rings. The van der Waals surface area contributed by atoms with Crippen molar-refractivity contribution in [3.05, 3.63) is 18.2 Å². The Morgan fingerprint density at radius 2 is 2.31 bits per heavy atom. The van der Waals surface area contributed by atoms with Gasteiger partial charge in [0.15, 0.2) is 0 Å². The first-order valence-corrected chi connectivity index (χ1v) is 6.47. The summed E-state index contributed by atoms with van der Waals surface area (Å²) in [6, 6.07) is 0. The standard InChI is InChI=1S/C13H21N3/c1-16-8-7-15-12(16)9-14-10-13(5-2-6-13)11-3-4-11/h7-8,11,14H,2-6,9-10H2,1H3. The molecule has 3 rings (SSSR count). The van der Waals surface area contributed by atoms with Crippen LogP contribution in [0.15, 0.2) is 12.4 Å². The van der Waals surface area contributed by atoms with Gasteiger partial charge in [0.2, 0.25) is 0 Å². The molecule has 2 fully saturated rings. The van der Waals surface area contributed by atoms with Crippen LogP contribution in [-0.4, -0.2) is 16.1 Å². The van der Waals surface area contributed by atoms with Gasteiger partial charge in [0, 0.05) is 26.0 Å². The minimum atomic E-state index is 0.672. The second kappa shape index (κ2) is 3.88. The lowest BCUT2D eigenvalue weighted by atomic mass is 9.65. The van der Waals surface area contributed by atoms with Crippen LogP contribution in [0.1, 0.15) is 37.9 Å². The van der Waals surface area contributed by atoms with E-state index in [1.165, 1.54) is 38.6 Å². The van der Waals surface area contributed by atoms with E-state index in [-0.39, 0.29) is 0 Å². The van der Waals surface area contributed by atoms with Crippen molar-refractivity contribution in [2.75, 3.05) is 6.54 Å². The van der Waals surface area contributed by atoms with Crippen molar-refractivity contribution in [2.45, 2.75) is 38.6 Å². The molecule has 0 amide bonds. The van der Waals surface area contributed by atoms with Crippen LogP contribution in [0.25, 0.3) is 0 Å². The third-order valence-electron chi connectivity index (χ3n) is 4.47. The first-order valence-electron chi connectivity index (χ1n) is 6.47. The van der Waals surface area contributed by atoms with E-state index in [2.05, 4.69) is 21.9 Å². The van der Waals surface area contributed by atoms with Crippen LogP contribution in [0.5, 0.6) is 0 Å². The van der Waals surface area contributed by atoms with Crippen molar-refractivity contribution >= 4 is 0 Å². The maximum Gasteiger partial charge on any atom is 0.122 e. The number of rotatable bonds is 5. The molecule has 0 radical (unpaired) electrons. The molecule has 3 nitrogen and oxygen atoms in total. The predicted octanol–water partition coefficient (Wildman–Crippen LogP) is 2.09. The average Bonchev–Trinajstić information content (AvgIpc) is 2.97. The molecule has 0 aliphatic heterocycles. The molecule has 0 aromatic carbocycles. The Bertz CT molecular complexity index is 361. The number of imidazole rings is 1. The highest BCUT2D eigenvalue weighted by molar-refractivity contribution is 5.01. The van der Waals surface area contributed by atoms with Crippen LogP contribution < -0.4 is 5.32 Å². The van der Waals surface area contributed by atoms with Crippen LogP contribution >= 0.6 is 0 Å². The van der Waals surface area contributed by atoms with Crippen LogP contribution in [0, 0.1) is 11.3 Å². The zero-order valence-electron chi connectivity index (χ0n) is 10.1. The Labute approximate surface area is 97.3 Å². The Morgan fingerprint density at radius 3 is 2.81 bits per heavy atom. The van der Waals surface area contributed by atoms with Gasteiger partial charge in [0.05, 0.1) is 6.54 Å². The van der Waals surface area contributed by atoms with Crippen molar-refractivity contribution in [3.63, 3.8) is 0 Å². The van der Waals surface area contributed by atoms with Gasteiger partial charge in [-0.05, 0) is 37.0 Å². The molecule has 1 N–H and O–H groups in total. The second-order valence-corrected chi connectivity index (χ2v) is 5.55. The Kier molecular flexibility index (Phi) is 2.51. The number of aryl methyl sites for hydroxylation is 1. The van der Waals surface area contributed by atoms with E-state index in [1.54, 1.807) is 0 Å². The van der Waals surface area contributed by atoms with Gasteiger partial charge in [-0.1, -0.05) is 6.42 Å². The van der Waals surface area contributed by atoms with E-state index in [9.17, 15) is 0 Å². The van der Waals surface area contributed by atoms with Crippen LogP contribution in [0.3, 0.4) is 0 Å². The van der Waals surface area contributed by atoms with Gasteiger partial charge < -0.3 is 9.88 Å². The van der Waals surface area contributed by atoms with Gasteiger partial charge in [-0.3, -0.25) is 0 Å². The monoisotopic (exact) mass is 219 g/mol. The summed E-state index contributed by atoms with van der Waals surface area (Å²) in [5, 5.41) is 3.61. The minimum absolute atomic E-state index is 0.672. The summed E-state index contributed by atoms with van der Waals surface area (Å²) in [6.07, 6.45) is 11.2. The lowest BCUT2D eigenvalue weighted by Gasteiger charge is -2.42. The van der Waals surface area contributed by atoms with Crippen molar-refractivity contribution in [1.29, 1.82) is 0 Å². The van der Waals surface area contributed by atoms with Crippen molar-refractivity contribution in [2.24, 2.45) is 18.4 Å².